The van der Waals surface area contributed by atoms with Crippen LogP contribution in [0.4, 0.5) is 0 Å². The van der Waals surface area contributed by atoms with Crippen molar-refractivity contribution >= 4 is 21.2 Å². The van der Waals surface area contributed by atoms with Crippen LogP contribution in [0.5, 0.6) is 5.75 Å². The molecule has 112 valence electrons. The third kappa shape index (κ3) is 4.36. The highest BCUT2D eigenvalue weighted by Crippen LogP contribution is 2.17. The molecule has 0 aromatic heterocycles. The van der Waals surface area contributed by atoms with Crippen LogP contribution in [0.1, 0.15) is 5.56 Å². The minimum atomic E-state index is -4.25. The standard InChI is InChI=1S/C13H12O6S2/c1-10-2-6-12(7-3-10)20(14)19-18-11-4-8-13(9-5-11)21(15,16)17/h2-9H,1H3,(H,15,16,17). The molecule has 6 nitrogen and oxygen atoms in total. The van der Waals surface area contributed by atoms with Crippen molar-refractivity contribution in [3.63, 3.8) is 0 Å². The first-order chi connectivity index (χ1) is 9.86. The van der Waals surface area contributed by atoms with Crippen molar-refractivity contribution in [1.82, 2.24) is 0 Å². The fraction of sp³-hybridized carbons (Fsp3) is 0.0769. The molecule has 0 saturated heterocycles. The average molecular weight is 328 g/mol. The van der Waals surface area contributed by atoms with Crippen LogP contribution in [-0.2, 0) is 25.5 Å². The summed E-state index contributed by atoms with van der Waals surface area (Å²) >= 11 is -1.80. The molecule has 0 fully saturated rings. The lowest BCUT2D eigenvalue weighted by Crippen LogP contribution is -2.03. The van der Waals surface area contributed by atoms with Crippen LogP contribution >= 0.6 is 0 Å². The van der Waals surface area contributed by atoms with Gasteiger partial charge in [-0.15, -0.1) is 0 Å². The molecule has 0 aliphatic heterocycles. The molecule has 0 radical (unpaired) electrons. The Bertz CT molecular complexity index is 735. The van der Waals surface area contributed by atoms with Gasteiger partial charge in [0.2, 0.25) is 11.1 Å². The van der Waals surface area contributed by atoms with E-state index in [4.69, 9.17) is 13.8 Å². The molecule has 1 unspecified atom stereocenters. The zero-order valence-corrected chi connectivity index (χ0v) is 12.6. The van der Waals surface area contributed by atoms with Gasteiger partial charge in [-0.2, -0.15) is 8.42 Å². The maximum absolute atomic E-state index is 11.8. The summed E-state index contributed by atoms with van der Waals surface area (Å²) in [5.74, 6) is 0.155. The topological polar surface area (TPSA) is 89.9 Å². The highest BCUT2D eigenvalue weighted by atomic mass is 32.2. The Morgan fingerprint density at radius 3 is 2.10 bits per heavy atom. The molecule has 2 aromatic rings. The Labute approximate surface area is 124 Å². The molecule has 21 heavy (non-hydrogen) atoms. The largest absolute Gasteiger partial charge is 0.323 e. The first kappa shape index (κ1) is 15.6. The summed E-state index contributed by atoms with van der Waals surface area (Å²) in [7, 11) is -4.25. The van der Waals surface area contributed by atoms with Gasteiger partial charge in [-0.3, -0.25) is 4.55 Å². The molecular formula is C13H12O6S2. The van der Waals surface area contributed by atoms with Gasteiger partial charge in [0.15, 0.2) is 5.75 Å². The first-order valence-electron chi connectivity index (χ1n) is 5.77. The van der Waals surface area contributed by atoms with Gasteiger partial charge >= 0.3 is 0 Å². The van der Waals surface area contributed by atoms with E-state index >= 15 is 0 Å². The number of hydrogen-bond acceptors (Lipinski definition) is 5. The van der Waals surface area contributed by atoms with Crippen LogP contribution in [0.3, 0.4) is 0 Å². The van der Waals surface area contributed by atoms with Crippen LogP contribution in [-0.4, -0.2) is 17.2 Å². The van der Waals surface area contributed by atoms with Crippen LogP contribution in [0.15, 0.2) is 58.3 Å². The van der Waals surface area contributed by atoms with Crippen molar-refractivity contribution in [3.05, 3.63) is 54.1 Å². The fourth-order valence-electron chi connectivity index (χ4n) is 1.43. The molecule has 2 aromatic carbocycles. The van der Waals surface area contributed by atoms with Gasteiger partial charge in [-0.25, -0.2) is 4.21 Å². The van der Waals surface area contributed by atoms with E-state index in [1.54, 1.807) is 24.3 Å². The molecule has 1 atom stereocenters. The van der Waals surface area contributed by atoms with E-state index in [1.807, 2.05) is 6.92 Å². The monoisotopic (exact) mass is 328 g/mol. The van der Waals surface area contributed by atoms with E-state index in [0.29, 0.717) is 4.90 Å². The van der Waals surface area contributed by atoms with E-state index in [9.17, 15) is 12.6 Å². The fourth-order valence-corrected chi connectivity index (χ4v) is 2.48. The predicted molar refractivity (Wildman–Crippen MR) is 75.6 cm³/mol. The van der Waals surface area contributed by atoms with Crippen molar-refractivity contribution in [1.29, 1.82) is 0 Å². The molecule has 8 heteroatoms. The van der Waals surface area contributed by atoms with Gasteiger partial charge in [0.1, 0.15) is 0 Å². The Hall–Kier alpha value is -1.74. The SMILES string of the molecule is Cc1ccc(S(=O)OOc2ccc(S(=O)(=O)O)cc2)cc1. The number of benzene rings is 2. The molecule has 0 saturated carbocycles. The van der Waals surface area contributed by atoms with Crippen LogP contribution in [0.25, 0.3) is 0 Å². The Morgan fingerprint density at radius 2 is 1.57 bits per heavy atom. The molecule has 0 spiro atoms. The van der Waals surface area contributed by atoms with Crippen LogP contribution < -0.4 is 4.89 Å². The van der Waals surface area contributed by atoms with Crippen molar-refractivity contribution in [2.45, 2.75) is 16.7 Å². The maximum Gasteiger partial charge on any atom is 0.294 e. The van der Waals surface area contributed by atoms with Gasteiger partial charge in [0.05, 0.1) is 9.79 Å². The minimum Gasteiger partial charge on any atom is -0.323 e. The van der Waals surface area contributed by atoms with Crippen LogP contribution in [0, 0.1) is 6.92 Å². The summed E-state index contributed by atoms with van der Waals surface area (Å²) in [5.41, 5.74) is 1.03. The quantitative estimate of drug-likeness (QED) is 0.514. The van der Waals surface area contributed by atoms with Gasteiger partial charge < -0.3 is 4.89 Å². The molecule has 2 rings (SSSR count). The lowest BCUT2D eigenvalue weighted by atomic mass is 10.2. The normalized spacial score (nSPS) is 12.9. The molecule has 0 aliphatic carbocycles. The summed E-state index contributed by atoms with van der Waals surface area (Å²) in [5, 5.41) is 0. The third-order valence-electron chi connectivity index (χ3n) is 2.53. The Morgan fingerprint density at radius 1 is 1.00 bits per heavy atom. The summed E-state index contributed by atoms with van der Waals surface area (Å²) in [4.78, 5) is 5.01. The predicted octanol–water partition coefficient (Wildman–Crippen LogP) is 2.27. The van der Waals surface area contributed by atoms with Crippen molar-refractivity contribution in [2.24, 2.45) is 0 Å². The number of rotatable bonds is 5. The van der Waals surface area contributed by atoms with E-state index in [0.717, 1.165) is 17.7 Å². The molecule has 0 aliphatic rings. The van der Waals surface area contributed by atoms with Gasteiger partial charge in [0.25, 0.3) is 10.1 Å². The molecule has 0 bridgehead atoms. The summed E-state index contributed by atoms with van der Waals surface area (Å²) in [6, 6.07) is 11.7. The molecule has 0 amide bonds. The van der Waals surface area contributed by atoms with E-state index < -0.39 is 21.2 Å². The third-order valence-corrected chi connectivity index (χ3v) is 4.24. The van der Waals surface area contributed by atoms with E-state index in [-0.39, 0.29) is 10.6 Å². The zero-order chi connectivity index (χ0) is 15.5. The first-order valence-corrected chi connectivity index (χ1v) is 8.29. The highest BCUT2D eigenvalue weighted by molar-refractivity contribution is 7.85. The smallest absolute Gasteiger partial charge is 0.294 e. The van der Waals surface area contributed by atoms with E-state index in [2.05, 4.69) is 0 Å². The maximum atomic E-state index is 11.8. The van der Waals surface area contributed by atoms with Gasteiger partial charge in [0, 0.05) is 0 Å². The van der Waals surface area contributed by atoms with Gasteiger partial charge in [-0.05, 0) is 43.3 Å². The summed E-state index contributed by atoms with van der Waals surface area (Å²) < 4.78 is 47.1. The molecular weight excluding hydrogens is 316 g/mol. The lowest BCUT2D eigenvalue weighted by molar-refractivity contribution is -0.0857. The molecule has 1 N–H and O–H groups in total. The van der Waals surface area contributed by atoms with Crippen molar-refractivity contribution in [2.75, 3.05) is 0 Å². The van der Waals surface area contributed by atoms with Gasteiger partial charge in [-0.1, -0.05) is 22.0 Å². The van der Waals surface area contributed by atoms with E-state index in [1.165, 1.54) is 12.1 Å². The number of hydrogen-bond donors (Lipinski definition) is 1. The van der Waals surface area contributed by atoms with Crippen molar-refractivity contribution in [3.8, 4) is 5.75 Å². The second-order valence-corrected chi connectivity index (χ2v) is 6.64. The highest BCUT2D eigenvalue weighted by Gasteiger charge is 2.10. The summed E-state index contributed by atoms with van der Waals surface area (Å²) in [6.45, 7) is 1.90. The summed E-state index contributed by atoms with van der Waals surface area (Å²) in [6.07, 6.45) is 0. The molecule has 0 heterocycles. The zero-order valence-electron chi connectivity index (χ0n) is 10.9. The lowest BCUT2D eigenvalue weighted by Gasteiger charge is -2.04. The Balaban J connectivity index is 2.00. The number of aryl methyl sites for hydroxylation is 1. The minimum absolute atomic E-state index is 0.155. The Kier molecular flexibility index (Phi) is 4.73. The van der Waals surface area contributed by atoms with Crippen LogP contribution in [0.2, 0.25) is 0 Å². The average Bonchev–Trinajstić information content (AvgIpc) is 2.45. The van der Waals surface area contributed by atoms with Crippen molar-refractivity contribution < 1.29 is 26.4 Å². The second-order valence-electron chi connectivity index (χ2n) is 4.15. The second kappa shape index (κ2) is 6.35.